The summed E-state index contributed by atoms with van der Waals surface area (Å²) in [5.41, 5.74) is 0.593. The molecule has 1 fully saturated rings. The van der Waals surface area contributed by atoms with Crippen LogP contribution in [0.2, 0.25) is 0 Å². The normalized spacial score (nSPS) is 17.2. The van der Waals surface area contributed by atoms with E-state index in [9.17, 15) is 9.59 Å². The second-order valence-corrected chi connectivity index (χ2v) is 4.87. The lowest BCUT2D eigenvalue weighted by Crippen LogP contribution is -2.40. The molecule has 1 saturated carbocycles. The van der Waals surface area contributed by atoms with Crippen LogP contribution >= 0.6 is 0 Å². The minimum Gasteiger partial charge on any atom is -0.447 e. The monoisotopic (exact) mass is 266 g/mol. The van der Waals surface area contributed by atoms with Crippen molar-refractivity contribution in [1.29, 1.82) is 0 Å². The van der Waals surface area contributed by atoms with Crippen LogP contribution in [-0.2, 0) is 9.53 Å². The Kier molecular flexibility index (Phi) is 4.19. The standard InChI is InChI=1S/C13H18N2O4/c1-8-7-11(19-15-8)13(17)18-9(2)12(16)14-10-5-3-4-6-10/h7,9-10H,3-6H2,1-2H3,(H,14,16)/t9-/m0/s1. The zero-order chi connectivity index (χ0) is 13.8. The molecule has 0 radical (unpaired) electrons. The summed E-state index contributed by atoms with van der Waals surface area (Å²) < 4.78 is 9.82. The first-order valence-corrected chi connectivity index (χ1v) is 6.51. The largest absolute Gasteiger partial charge is 0.447 e. The van der Waals surface area contributed by atoms with E-state index in [1.165, 1.54) is 6.07 Å². The van der Waals surface area contributed by atoms with Gasteiger partial charge in [0.25, 0.3) is 5.91 Å². The van der Waals surface area contributed by atoms with Gasteiger partial charge in [0.15, 0.2) is 6.10 Å². The van der Waals surface area contributed by atoms with E-state index in [4.69, 9.17) is 9.26 Å². The quantitative estimate of drug-likeness (QED) is 0.837. The predicted octanol–water partition coefficient (Wildman–Crippen LogP) is 1.59. The van der Waals surface area contributed by atoms with Crippen LogP contribution in [0.5, 0.6) is 0 Å². The molecule has 1 heterocycles. The molecule has 1 aromatic rings. The average Bonchev–Trinajstić information content (AvgIpc) is 3.00. The molecule has 2 rings (SSSR count). The zero-order valence-corrected chi connectivity index (χ0v) is 11.1. The molecule has 1 atom stereocenters. The van der Waals surface area contributed by atoms with Crippen molar-refractivity contribution >= 4 is 11.9 Å². The molecule has 0 unspecified atom stereocenters. The number of hydrogen-bond donors (Lipinski definition) is 1. The lowest BCUT2D eigenvalue weighted by molar-refractivity contribution is -0.129. The molecule has 6 heteroatoms. The van der Waals surface area contributed by atoms with Crippen LogP contribution in [0.1, 0.15) is 48.9 Å². The van der Waals surface area contributed by atoms with Crippen molar-refractivity contribution in [2.45, 2.75) is 51.7 Å². The molecule has 1 amide bonds. The van der Waals surface area contributed by atoms with Crippen LogP contribution in [0.4, 0.5) is 0 Å². The summed E-state index contributed by atoms with van der Waals surface area (Å²) in [4.78, 5) is 23.5. The molecule has 1 aliphatic rings. The van der Waals surface area contributed by atoms with E-state index in [2.05, 4.69) is 10.5 Å². The Bertz CT molecular complexity index is 463. The lowest BCUT2D eigenvalue weighted by Gasteiger charge is -2.16. The third-order valence-corrected chi connectivity index (χ3v) is 3.18. The Hall–Kier alpha value is -1.85. The van der Waals surface area contributed by atoms with Gasteiger partial charge < -0.3 is 14.6 Å². The first-order chi connectivity index (χ1) is 9.06. The van der Waals surface area contributed by atoms with E-state index in [0.717, 1.165) is 25.7 Å². The van der Waals surface area contributed by atoms with Crippen LogP contribution in [0.15, 0.2) is 10.6 Å². The van der Waals surface area contributed by atoms with Gasteiger partial charge in [0, 0.05) is 12.1 Å². The van der Waals surface area contributed by atoms with Gasteiger partial charge in [-0.1, -0.05) is 18.0 Å². The fourth-order valence-electron chi connectivity index (χ4n) is 2.12. The summed E-state index contributed by atoms with van der Waals surface area (Å²) in [5.74, 6) is -0.927. The number of nitrogens with one attached hydrogen (secondary N) is 1. The van der Waals surface area contributed by atoms with E-state index in [1.807, 2.05) is 0 Å². The van der Waals surface area contributed by atoms with Crippen molar-refractivity contribution in [3.63, 3.8) is 0 Å². The fourth-order valence-corrected chi connectivity index (χ4v) is 2.12. The van der Waals surface area contributed by atoms with E-state index in [1.54, 1.807) is 13.8 Å². The van der Waals surface area contributed by atoms with Crippen LogP contribution in [0.3, 0.4) is 0 Å². The van der Waals surface area contributed by atoms with Crippen LogP contribution in [-0.4, -0.2) is 29.2 Å². The van der Waals surface area contributed by atoms with Gasteiger partial charge in [0.2, 0.25) is 5.76 Å². The van der Waals surface area contributed by atoms with Crippen LogP contribution < -0.4 is 5.32 Å². The molecule has 0 saturated heterocycles. The number of aryl methyl sites for hydroxylation is 1. The molecule has 0 aromatic carbocycles. The fraction of sp³-hybridized carbons (Fsp3) is 0.615. The number of carbonyl (C=O) groups excluding carboxylic acids is 2. The Labute approximate surface area is 111 Å². The van der Waals surface area contributed by atoms with E-state index < -0.39 is 12.1 Å². The van der Waals surface area contributed by atoms with Gasteiger partial charge >= 0.3 is 5.97 Å². The number of carbonyl (C=O) groups is 2. The van der Waals surface area contributed by atoms with E-state index >= 15 is 0 Å². The van der Waals surface area contributed by atoms with Gasteiger partial charge in [-0.2, -0.15) is 0 Å². The number of amides is 1. The smallest absolute Gasteiger partial charge is 0.377 e. The number of aromatic nitrogens is 1. The first-order valence-electron chi connectivity index (χ1n) is 6.51. The maximum atomic E-state index is 11.8. The number of ether oxygens (including phenoxy) is 1. The van der Waals surface area contributed by atoms with Gasteiger partial charge in [-0.25, -0.2) is 4.79 Å². The maximum absolute atomic E-state index is 11.8. The van der Waals surface area contributed by atoms with Crippen molar-refractivity contribution < 1.29 is 18.8 Å². The molecule has 1 N–H and O–H groups in total. The summed E-state index contributed by atoms with van der Waals surface area (Å²) in [5, 5.41) is 6.47. The number of hydrogen-bond acceptors (Lipinski definition) is 5. The van der Waals surface area contributed by atoms with E-state index in [-0.39, 0.29) is 17.7 Å². The minimum atomic E-state index is -0.835. The first kappa shape index (κ1) is 13.6. The highest BCUT2D eigenvalue weighted by Crippen LogP contribution is 2.17. The zero-order valence-electron chi connectivity index (χ0n) is 11.1. The molecule has 1 aromatic heterocycles. The molecular formula is C13H18N2O4. The van der Waals surface area contributed by atoms with Gasteiger partial charge in [0.05, 0.1) is 5.69 Å². The summed E-state index contributed by atoms with van der Waals surface area (Å²) in [6.45, 7) is 3.25. The van der Waals surface area contributed by atoms with Gasteiger partial charge in [-0.05, 0) is 26.7 Å². The van der Waals surface area contributed by atoms with Gasteiger partial charge in [-0.15, -0.1) is 0 Å². The highest BCUT2D eigenvalue weighted by molar-refractivity contribution is 5.90. The Morgan fingerprint density at radius 1 is 1.47 bits per heavy atom. The van der Waals surface area contributed by atoms with Gasteiger partial charge in [-0.3, -0.25) is 4.79 Å². The number of esters is 1. The van der Waals surface area contributed by atoms with Crippen molar-refractivity contribution in [2.75, 3.05) is 0 Å². The Morgan fingerprint density at radius 3 is 2.74 bits per heavy atom. The molecule has 104 valence electrons. The predicted molar refractivity (Wildman–Crippen MR) is 66.5 cm³/mol. The van der Waals surface area contributed by atoms with Gasteiger partial charge in [0.1, 0.15) is 0 Å². The lowest BCUT2D eigenvalue weighted by atomic mass is 10.2. The SMILES string of the molecule is Cc1cc(C(=O)O[C@@H](C)C(=O)NC2CCCC2)on1. The topological polar surface area (TPSA) is 81.4 Å². The van der Waals surface area contributed by atoms with Crippen molar-refractivity contribution in [3.05, 3.63) is 17.5 Å². The highest BCUT2D eigenvalue weighted by Gasteiger charge is 2.24. The second kappa shape index (κ2) is 5.86. The number of nitrogens with zero attached hydrogens (tertiary/aromatic N) is 1. The molecule has 0 bridgehead atoms. The van der Waals surface area contributed by atoms with Crippen molar-refractivity contribution in [1.82, 2.24) is 10.5 Å². The third-order valence-electron chi connectivity index (χ3n) is 3.18. The Balaban J connectivity index is 1.84. The van der Waals surface area contributed by atoms with Crippen molar-refractivity contribution in [2.24, 2.45) is 0 Å². The van der Waals surface area contributed by atoms with Crippen molar-refractivity contribution in [3.8, 4) is 0 Å². The third kappa shape index (κ3) is 3.56. The summed E-state index contributed by atoms with van der Waals surface area (Å²) in [6, 6.07) is 1.69. The minimum absolute atomic E-state index is 0.0121. The molecule has 19 heavy (non-hydrogen) atoms. The summed E-state index contributed by atoms with van der Waals surface area (Å²) in [7, 11) is 0. The second-order valence-electron chi connectivity index (χ2n) is 4.87. The number of rotatable bonds is 4. The average molecular weight is 266 g/mol. The Morgan fingerprint density at radius 2 is 2.16 bits per heavy atom. The van der Waals surface area contributed by atoms with Crippen LogP contribution in [0.25, 0.3) is 0 Å². The highest BCUT2D eigenvalue weighted by atomic mass is 16.6. The summed E-state index contributed by atoms with van der Waals surface area (Å²) in [6.07, 6.45) is 3.42. The molecule has 0 aliphatic heterocycles. The molecule has 6 nitrogen and oxygen atoms in total. The maximum Gasteiger partial charge on any atom is 0.377 e. The van der Waals surface area contributed by atoms with Crippen LogP contribution in [0, 0.1) is 6.92 Å². The van der Waals surface area contributed by atoms with E-state index in [0.29, 0.717) is 5.69 Å². The molecular weight excluding hydrogens is 248 g/mol. The molecule has 0 spiro atoms. The summed E-state index contributed by atoms with van der Waals surface area (Å²) >= 11 is 0. The molecule has 1 aliphatic carbocycles.